The van der Waals surface area contributed by atoms with Gasteiger partial charge in [-0.3, -0.25) is 19.3 Å². The highest BCUT2D eigenvalue weighted by Gasteiger charge is 2.41. The van der Waals surface area contributed by atoms with Crippen LogP contribution in [0.5, 0.6) is 0 Å². The molecule has 0 bridgehead atoms. The Morgan fingerprint density at radius 2 is 1.62 bits per heavy atom. The van der Waals surface area contributed by atoms with Gasteiger partial charge < -0.3 is 5.11 Å². The first kappa shape index (κ1) is 16.5. The average molecular weight is 364 g/mol. The number of hydrogen-bond donors (Lipinski definition) is 1. The standard InChI is InChI=1S/C17H11Cl2NO4/c18-9-5-6-12(13(19)7-9)14(8-15(21)22)20-16(23)10-3-1-2-4-11(10)17(20)24/h1-7,14H,8H2,(H,21,22). The normalized spacial score (nSPS) is 14.7. The maximum Gasteiger partial charge on any atom is 0.305 e. The molecule has 5 nitrogen and oxygen atoms in total. The van der Waals surface area contributed by atoms with E-state index in [1.54, 1.807) is 12.1 Å². The maximum atomic E-state index is 12.6. The smallest absolute Gasteiger partial charge is 0.305 e. The molecule has 122 valence electrons. The molecule has 24 heavy (non-hydrogen) atoms. The third-order valence-corrected chi connectivity index (χ3v) is 4.39. The molecule has 7 heteroatoms. The second-order valence-corrected chi connectivity index (χ2v) is 6.15. The van der Waals surface area contributed by atoms with Crippen LogP contribution in [0.2, 0.25) is 10.0 Å². The number of carboxylic acid groups (broad SMARTS) is 1. The minimum absolute atomic E-state index is 0.199. The predicted molar refractivity (Wildman–Crippen MR) is 88.4 cm³/mol. The monoisotopic (exact) mass is 363 g/mol. The lowest BCUT2D eigenvalue weighted by Gasteiger charge is -2.26. The van der Waals surface area contributed by atoms with Gasteiger partial charge >= 0.3 is 5.97 Å². The van der Waals surface area contributed by atoms with Crippen molar-refractivity contribution in [1.29, 1.82) is 0 Å². The van der Waals surface area contributed by atoms with E-state index < -0.39 is 30.2 Å². The third kappa shape index (κ3) is 2.77. The second kappa shape index (κ2) is 6.26. The summed E-state index contributed by atoms with van der Waals surface area (Å²) in [6, 6.07) is 9.88. The van der Waals surface area contributed by atoms with Gasteiger partial charge in [-0.15, -0.1) is 0 Å². The third-order valence-electron chi connectivity index (χ3n) is 3.83. The number of carboxylic acids is 1. The first-order valence-electron chi connectivity index (χ1n) is 7.04. The van der Waals surface area contributed by atoms with E-state index in [0.717, 1.165) is 4.90 Å². The molecule has 1 N–H and O–H groups in total. The van der Waals surface area contributed by atoms with E-state index in [1.807, 2.05) is 0 Å². The molecule has 1 atom stereocenters. The van der Waals surface area contributed by atoms with Gasteiger partial charge in [0.1, 0.15) is 0 Å². The molecule has 2 amide bonds. The molecular formula is C17H11Cl2NO4. The Hall–Kier alpha value is -2.37. The topological polar surface area (TPSA) is 74.7 Å². The van der Waals surface area contributed by atoms with Crippen molar-refractivity contribution < 1.29 is 19.5 Å². The number of imide groups is 1. The maximum absolute atomic E-state index is 12.6. The number of fused-ring (bicyclic) bond motifs is 1. The summed E-state index contributed by atoms with van der Waals surface area (Å²) < 4.78 is 0. The van der Waals surface area contributed by atoms with Gasteiger partial charge in [0.15, 0.2) is 0 Å². The van der Waals surface area contributed by atoms with E-state index in [-0.39, 0.29) is 16.1 Å². The van der Waals surface area contributed by atoms with Gasteiger partial charge in [0, 0.05) is 10.0 Å². The fraction of sp³-hybridized carbons (Fsp3) is 0.118. The van der Waals surface area contributed by atoms with Gasteiger partial charge in [-0.1, -0.05) is 41.4 Å². The highest BCUT2D eigenvalue weighted by atomic mass is 35.5. The molecule has 3 rings (SSSR count). The quantitative estimate of drug-likeness (QED) is 0.838. The molecule has 0 fully saturated rings. The van der Waals surface area contributed by atoms with Gasteiger partial charge in [0.25, 0.3) is 11.8 Å². The summed E-state index contributed by atoms with van der Waals surface area (Å²) in [6.07, 6.45) is -0.452. The van der Waals surface area contributed by atoms with Crippen molar-refractivity contribution in [3.05, 3.63) is 69.2 Å². The van der Waals surface area contributed by atoms with Crippen LogP contribution in [0.4, 0.5) is 0 Å². The van der Waals surface area contributed by atoms with Crippen molar-refractivity contribution in [3.63, 3.8) is 0 Å². The Morgan fingerprint density at radius 3 is 2.12 bits per heavy atom. The summed E-state index contributed by atoms with van der Waals surface area (Å²) in [4.78, 5) is 37.5. The van der Waals surface area contributed by atoms with E-state index in [4.69, 9.17) is 23.2 Å². The number of rotatable bonds is 4. The molecule has 1 unspecified atom stereocenters. The van der Waals surface area contributed by atoms with Gasteiger partial charge in [0.2, 0.25) is 0 Å². The van der Waals surface area contributed by atoms with Gasteiger partial charge in [-0.25, -0.2) is 0 Å². The summed E-state index contributed by atoms with van der Waals surface area (Å²) in [5.74, 6) is -2.22. The van der Waals surface area contributed by atoms with Crippen LogP contribution < -0.4 is 0 Å². The van der Waals surface area contributed by atoms with Crippen LogP contribution in [0.1, 0.15) is 38.7 Å². The molecule has 2 aromatic rings. The summed E-state index contributed by atoms with van der Waals surface area (Å²) in [5.41, 5.74) is 0.865. The van der Waals surface area contributed by atoms with E-state index >= 15 is 0 Å². The molecule has 1 heterocycles. The van der Waals surface area contributed by atoms with E-state index in [9.17, 15) is 19.5 Å². The van der Waals surface area contributed by atoms with Crippen LogP contribution in [-0.2, 0) is 4.79 Å². The highest BCUT2D eigenvalue weighted by molar-refractivity contribution is 6.35. The van der Waals surface area contributed by atoms with Crippen LogP contribution in [0.3, 0.4) is 0 Å². The van der Waals surface area contributed by atoms with E-state index in [1.165, 1.54) is 30.3 Å². The molecular weight excluding hydrogens is 353 g/mol. The Labute approximate surface area is 147 Å². The fourth-order valence-electron chi connectivity index (χ4n) is 2.77. The summed E-state index contributed by atoms with van der Waals surface area (Å²) in [7, 11) is 0. The highest BCUT2D eigenvalue weighted by Crippen LogP contribution is 2.37. The molecule has 1 aliphatic heterocycles. The first-order chi connectivity index (χ1) is 11.4. The predicted octanol–water partition coefficient (Wildman–Crippen LogP) is 3.81. The van der Waals surface area contributed by atoms with Crippen LogP contribution >= 0.6 is 23.2 Å². The first-order valence-corrected chi connectivity index (χ1v) is 7.79. The van der Waals surface area contributed by atoms with Gasteiger partial charge in [-0.2, -0.15) is 0 Å². The van der Waals surface area contributed by atoms with Gasteiger partial charge in [0.05, 0.1) is 23.6 Å². The average Bonchev–Trinajstić information content (AvgIpc) is 2.77. The molecule has 0 saturated heterocycles. The fourth-order valence-corrected chi connectivity index (χ4v) is 3.30. The lowest BCUT2D eigenvalue weighted by molar-refractivity contribution is -0.138. The lowest BCUT2D eigenvalue weighted by atomic mass is 10.0. The van der Waals surface area contributed by atoms with Crippen molar-refractivity contribution >= 4 is 41.0 Å². The number of benzene rings is 2. The van der Waals surface area contributed by atoms with Gasteiger partial charge in [-0.05, 0) is 29.8 Å². The molecule has 0 aliphatic carbocycles. The van der Waals surface area contributed by atoms with Crippen molar-refractivity contribution in [2.45, 2.75) is 12.5 Å². The molecule has 0 aromatic heterocycles. The number of hydrogen-bond acceptors (Lipinski definition) is 3. The Bertz CT molecular complexity index is 830. The minimum Gasteiger partial charge on any atom is -0.481 e. The number of carbonyl (C=O) groups excluding carboxylic acids is 2. The molecule has 0 saturated carbocycles. The SMILES string of the molecule is O=C(O)CC(c1ccc(Cl)cc1Cl)N1C(=O)c2ccccc2C1=O. The minimum atomic E-state index is -1.15. The van der Waals surface area contributed by atoms with Crippen molar-refractivity contribution in [2.24, 2.45) is 0 Å². The second-order valence-electron chi connectivity index (χ2n) is 5.31. The number of halogens is 2. The van der Waals surface area contributed by atoms with Crippen LogP contribution in [0.25, 0.3) is 0 Å². The zero-order valence-corrected chi connectivity index (χ0v) is 13.7. The Morgan fingerprint density at radius 1 is 1.04 bits per heavy atom. The molecule has 2 aromatic carbocycles. The van der Waals surface area contributed by atoms with Crippen LogP contribution in [0.15, 0.2) is 42.5 Å². The van der Waals surface area contributed by atoms with E-state index in [0.29, 0.717) is 10.6 Å². The van der Waals surface area contributed by atoms with Crippen molar-refractivity contribution in [3.8, 4) is 0 Å². The summed E-state index contributed by atoms with van der Waals surface area (Å²) in [5, 5.41) is 9.80. The van der Waals surface area contributed by atoms with Crippen LogP contribution in [-0.4, -0.2) is 27.8 Å². The zero-order chi connectivity index (χ0) is 17.4. The molecule has 0 spiro atoms. The Kier molecular flexibility index (Phi) is 4.30. The lowest BCUT2D eigenvalue weighted by Crippen LogP contribution is -2.35. The Balaban J connectivity index is 2.09. The van der Waals surface area contributed by atoms with Crippen LogP contribution in [0, 0.1) is 0 Å². The molecule has 1 aliphatic rings. The number of carbonyl (C=O) groups is 3. The summed E-state index contributed by atoms with van der Waals surface area (Å²) in [6.45, 7) is 0. The number of nitrogens with zero attached hydrogens (tertiary/aromatic N) is 1. The van der Waals surface area contributed by atoms with E-state index in [2.05, 4.69) is 0 Å². The van der Waals surface area contributed by atoms with Crippen molar-refractivity contribution in [1.82, 2.24) is 4.90 Å². The number of aliphatic carboxylic acids is 1. The van der Waals surface area contributed by atoms with Crippen molar-refractivity contribution in [2.75, 3.05) is 0 Å². The number of amides is 2. The molecule has 0 radical (unpaired) electrons. The largest absolute Gasteiger partial charge is 0.481 e. The zero-order valence-electron chi connectivity index (χ0n) is 12.2. The summed E-state index contributed by atoms with van der Waals surface area (Å²) >= 11 is 12.0.